The fraction of sp³-hybridized carbons (Fsp3) is 0.538. The minimum absolute atomic E-state index is 0.0918. The molecule has 1 aliphatic carbocycles. The Labute approximate surface area is 100 Å². The summed E-state index contributed by atoms with van der Waals surface area (Å²) in [6.45, 7) is 1.54. The molecule has 1 atom stereocenters. The highest BCUT2D eigenvalue weighted by Crippen LogP contribution is 2.35. The van der Waals surface area contributed by atoms with E-state index in [0.717, 1.165) is 30.7 Å². The molecule has 1 aromatic rings. The second kappa shape index (κ2) is 4.20. The van der Waals surface area contributed by atoms with Gasteiger partial charge in [0.25, 0.3) is 0 Å². The number of hydrogen-bond acceptors (Lipinski definition) is 4. The molecule has 2 aliphatic rings. The van der Waals surface area contributed by atoms with Crippen molar-refractivity contribution in [3.8, 4) is 11.5 Å². The molecule has 3 N–H and O–H groups in total. The van der Waals surface area contributed by atoms with E-state index < -0.39 is 0 Å². The second-order valence-electron chi connectivity index (χ2n) is 4.99. The minimum atomic E-state index is -0.0918. The van der Waals surface area contributed by atoms with Gasteiger partial charge in [0, 0.05) is 11.6 Å². The Bertz CT molecular complexity index is 415. The van der Waals surface area contributed by atoms with Crippen LogP contribution in [0.5, 0.6) is 11.5 Å². The molecule has 0 radical (unpaired) electrons. The zero-order chi connectivity index (χ0) is 11.8. The topological polar surface area (TPSA) is 61.7 Å². The molecule has 0 aromatic heterocycles. The van der Waals surface area contributed by atoms with E-state index in [1.54, 1.807) is 12.1 Å². The van der Waals surface area contributed by atoms with Crippen molar-refractivity contribution in [2.45, 2.75) is 25.0 Å². The van der Waals surface area contributed by atoms with Gasteiger partial charge in [-0.1, -0.05) is 0 Å². The van der Waals surface area contributed by atoms with Gasteiger partial charge in [-0.25, -0.2) is 0 Å². The van der Waals surface area contributed by atoms with Crippen LogP contribution in [0.15, 0.2) is 18.2 Å². The largest absolute Gasteiger partial charge is 0.508 e. The van der Waals surface area contributed by atoms with Gasteiger partial charge >= 0.3 is 0 Å². The molecule has 4 heteroatoms. The third-order valence-electron chi connectivity index (χ3n) is 3.64. The summed E-state index contributed by atoms with van der Waals surface area (Å²) in [5.41, 5.74) is 1.11. The molecule has 1 fully saturated rings. The lowest BCUT2D eigenvalue weighted by Gasteiger charge is -2.32. The number of aromatic hydroxyl groups is 1. The lowest BCUT2D eigenvalue weighted by atomic mass is 9.82. The molecular formula is C13H17NO3. The first-order chi connectivity index (χ1) is 8.22. The number of fused-ring (bicyclic) bond motifs is 1. The van der Waals surface area contributed by atoms with Gasteiger partial charge < -0.3 is 20.3 Å². The SMILES string of the molecule is Oc1ccc2c(c1)OCC2NCC1CC(O)C1. The number of aliphatic hydroxyl groups excluding tert-OH is 1. The van der Waals surface area contributed by atoms with Gasteiger partial charge in [-0.3, -0.25) is 0 Å². The Hall–Kier alpha value is -1.26. The maximum atomic E-state index is 9.35. The highest BCUT2D eigenvalue weighted by molar-refractivity contribution is 5.44. The first-order valence-electron chi connectivity index (χ1n) is 6.09. The van der Waals surface area contributed by atoms with Gasteiger partial charge in [0.15, 0.2) is 0 Å². The average Bonchev–Trinajstić information content (AvgIpc) is 2.65. The van der Waals surface area contributed by atoms with E-state index in [1.807, 2.05) is 6.07 Å². The first kappa shape index (κ1) is 10.9. The number of ether oxygens (including phenoxy) is 1. The van der Waals surface area contributed by atoms with Crippen LogP contribution in [0.4, 0.5) is 0 Å². The highest BCUT2D eigenvalue weighted by Gasteiger charge is 2.29. The quantitative estimate of drug-likeness (QED) is 0.736. The smallest absolute Gasteiger partial charge is 0.127 e. The summed E-state index contributed by atoms with van der Waals surface area (Å²) in [5.74, 6) is 1.61. The van der Waals surface area contributed by atoms with Crippen LogP contribution in [-0.4, -0.2) is 29.5 Å². The lowest BCUT2D eigenvalue weighted by Crippen LogP contribution is -2.37. The van der Waals surface area contributed by atoms with Crippen molar-refractivity contribution in [2.75, 3.05) is 13.2 Å². The Kier molecular flexibility index (Phi) is 2.68. The Morgan fingerprint density at radius 3 is 2.94 bits per heavy atom. The van der Waals surface area contributed by atoms with Crippen molar-refractivity contribution in [1.82, 2.24) is 5.32 Å². The number of phenols is 1. The maximum Gasteiger partial charge on any atom is 0.127 e. The Morgan fingerprint density at radius 1 is 1.35 bits per heavy atom. The summed E-state index contributed by atoms with van der Waals surface area (Å²) >= 11 is 0. The lowest BCUT2D eigenvalue weighted by molar-refractivity contribution is 0.0415. The number of aliphatic hydroxyl groups is 1. The third-order valence-corrected chi connectivity index (χ3v) is 3.64. The number of phenolic OH excluding ortho intramolecular Hbond substituents is 1. The molecule has 1 aromatic carbocycles. The molecule has 1 unspecified atom stereocenters. The van der Waals surface area contributed by atoms with Crippen LogP contribution < -0.4 is 10.1 Å². The van der Waals surface area contributed by atoms with Crippen LogP contribution in [-0.2, 0) is 0 Å². The van der Waals surface area contributed by atoms with Crippen LogP contribution in [0.25, 0.3) is 0 Å². The molecule has 0 amide bonds. The third kappa shape index (κ3) is 2.10. The first-order valence-corrected chi connectivity index (χ1v) is 6.09. The van der Waals surface area contributed by atoms with E-state index in [-0.39, 0.29) is 17.9 Å². The number of nitrogens with one attached hydrogen (secondary N) is 1. The van der Waals surface area contributed by atoms with E-state index in [2.05, 4.69) is 5.32 Å². The monoisotopic (exact) mass is 235 g/mol. The van der Waals surface area contributed by atoms with E-state index in [0.29, 0.717) is 12.5 Å². The van der Waals surface area contributed by atoms with Crippen LogP contribution in [0.2, 0.25) is 0 Å². The van der Waals surface area contributed by atoms with E-state index in [4.69, 9.17) is 4.74 Å². The average molecular weight is 235 g/mol. The minimum Gasteiger partial charge on any atom is -0.508 e. The van der Waals surface area contributed by atoms with Crippen LogP contribution in [0.1, 0.15) is 24.4 Å². The molecule has 17 heavy (non-hydrogen) atoms. The molecule has 0 bridgehead atoms. The number of benzene rings is 1. The Morgan fingerprint density at radius 2 is 2.18 bits per heavy atom. The molecule has 0 spiro atoms. The van der Waals surface area contributed by atoms with Crippen LogP contribution in [0, 0.1) is 5.92 Å². The summed E-state index contributed by atoms with van der Waals surface area (Å²) in [6, 6.07) is 5.47. The van der Waals surface area contributed by atoms with Crippen molar-refractivity contribution >= 4 is 0 Å². The molecular weight excluding hydrogens is 218 g/mol. The predicted octanol–water partition coefficient (Wildman–Crippen LogP) is 1.19. The fourth-order valence-electron chi connectivity index (χ4n) is 2.54. The zero-order valence-corrected chi connectivity index (χ0v) is 9.60. The zero-order valence-electron chi connectivity index (χ0n) is 9.60. The highest BCUT2D eigenvalue weighted by atomic mass is 16.5. The summed E-state index contributed by atoms with van der Waals surface area (Å²) in [4.78, 5) is 0. The van der Waals surface area contributed by atoms with E-state index >= 15 is 0 Å². The summed E-state index contributed by atoms with van der Waals surface area (Å²) in [7, 11) is 0. The van der Waals surface area contributed by atoms with Gasteiger partial charge in [-0.2, -0.15) is 0 Å². The normalized spacial score (nSPS) is 30.5. The van der Waals surface area contributed by atoms with Gasteiger partial charge in [0.2, 0.25) is 0 Å². The molecule has 1 heterocycles. The molecule has 1 aliphatic heterocycles. The van der Waals surface area contributed by atoms with Gasteiger partial charge in [-0.05, 0) is 37.4 Å². The van der Waals surface area contributed by atoms with Gasteiger partial charge in [0.05, 0.1) is 12.1 Å². The Balaban J connectivity index is 1.60. The standard InChI is InChI=1S/C13H17NO3/c15-9-1-2-11-12(7-17-13(11)5-9)14-6-8-3-10(16)4-8/h1-2,5,8,10,12,14-16H,3-4,6-7H2. The van der Waals surface area contributed by atoms with Crippen molar-refractivity contribution in [1.29, 1.82) is 0 Å². The van der Waals surface area contributed by atoms with Crippen molar-refractivity contribution < 1.29 is 14.9 Å². The molecule has 3 rings (SSSR count). The van der Waals surface area contributed by atoms with Crippen LogP contribution >= 0.6 is 0 Å². The molecule has 0 saturated heterocycles. The fourth-order valence-corrected chi connectivity index (χ4v) is 2.54. The van der Waals surface area contributed by atoms with E-state index in [9.17, 15) is 10.2 Å². The van der Waals surface area contributed by atoms with Gasteiger partial charge in [0.1, 0.15) is 18.1 Å². The number of hydrogen-bond donors (Lipinski definition) is 3. The number of rotatable bonds is 3. The summed E-state index contributed by atoms with van der Waals surface area (Å²) in [5, 5.41) is 22.0. The summed E-state index contributed by atoms with van der Waals surface area (Å²) < 4.78 is 5.53. The van der Waals surface area contributed by atoms with E-state index in [1.165, 1.54) is 0 Å². The molecule has 92 valence electrons. The van der Waals surface area contributed by atoms with Crippen molar-refractivity contribution in [2.24, 2.45) is 5.92 Å². The second-order valence-corrected chi connectivity index (χ2v) is 4.99. The van der Waals surface area contributed by atoms with Crippen molar-refractivity contribution in [3.63, 3.8) is 0 Å². The van der Waals surface area contributed by atoms with Crippen molar-refractivity contribution in [3.05, 3.63) is 23.8 Å². The van der Waals surface area contributed by atoms with Crippen LogP contribution in [0.3, 0.4) is 0 Å². The predicted molar refractivity (Wildman–Crippen MR) is 63.1 cm³/mol. The molecule has 1 saturated carbocycles. The molecule has 4 nitrogen and oxygen atoms in total. The summed E-state index contributed by atoms with van der Waals surface area (Å²) in [6.07, 6.45) is 1.72. The van der Waals surface area contributed by atoms with Gasteiger partial charge in [-0.15, -0.1) is 0 Å². The maximum absolute atomic E-state index is 9.35.